The van der Waals surface area contributed by atoms with Gasteiger partial charge in [-0.1, -0.05) is 55.0 Å². The molecule has 0 bridgehead atoms. The minimum absolute atomic E-state index is 0.136. The van der Waals surface area contributed by atoms with Crippen LogP contribution in [-0.4, -0.2) is 17.1 Å². The molecule has 3 atom stereocenters. The third kappa shape index (κ3) is 2.53. The largest absolute Gasteiger partial charge is 0.383 e. The van der Waals surface area contributed by atoms with E-state index in [4.69, 9.17) is 0 Å². The van der Waals surface area contributed by atoms with E-state index >= 15 is 0 Å². The van der Waals surface area contributed by atoms with E-state index in [1.165, 1.54) is 0 Å². The Balaban J connectivity index is 1.80. The van der Waals surface area contributed by atoms with E-state index < -0.39 is 5.60 Å². The van der Waals surface area contributed by atoms with Crippen LogP contribution in [0.2, 0.25) is 0 Å². The van der Waals surface area contributed by atoms with Gasteiger partial charge in [-0.05, 0) is 37.0 Å². The van der Waals surface area contributed by atoms with Gasteiger partial charge < -0.3 is 10.4 Å². The lowest BCUT2D eigenvalue weighted by atomic mass is 9.63. The fourth-order valence-corrected chi connectivity index (χ4v) is 3.26. The van der Waals surface area contributed by atoms with Gasteiger partial charge >= 0.3 is 0 Å². The maximum Gasteiger partial charge on any atom is 0.251 e. The third-order valence-electron chi connectivity index (χ3n) is 4.59. The first-order valence-electron chi connectivity index (χ1n) is 7.66. The monoisotopic (exact) mass is 295 g/mol. The molecule has 3 heteroatoms. The smallest absolute Gasteiger partial charge is 0.251 e. The van der Waals surface area contributed by atoms with E-state index in [9.17, 15) is 9.90 Å². The highest BCUT2D eigenvalue weighted by Gasteiger charge is 2.52. The van der Waals surface area contributed by atoms with Crippen molar-refractivity contribution >= 4 is 5.91 Å². The van der Waals surface area contributed by atoms with Crippen LogP contribution in [0.4, 0.5) is 0 Å². The second kappa shape index (κ2) is 5.58. The molecule has 1 amide bonds. The van der Waals surface area contributed by atoms with Crippen LogP contribution in [0.25, 0.3) is 0 Å². The number of rotatable bonds is 3. The third-order valence-corrected chi connectivity index (χ3v) is 4.59. The first-order valence-corrected chi connectivity index (χ1v) is 7.66. The van der Waals surface area contributed by atoms with E-state index in [0.717, 1.165) is 11.1 Å². The van der Waals surface area contributed by atoms with E-state index in [1.54, 1.807) is 12.1 Å². The van der Waals surface area contributed by atoms with Gasteiger partial charge in [0.05, 0.1) is 6.04 Å². The van der Waals surface area contributed by atoms with Crippen molar-refractivity contribution in [3.8, 4) is 0 Å². The van der Waals surface area contributed by atoms with Crippen molar-refractivity contribution < 1.29 is 9.90 Å². The fourth-order valence-electron chi connectivity index (χ4n) is 3.26. The molecular formula is C19H21NO2. The zero-order chi connectivity index (χ0) is 15.7. The first-order chi connectivity index (χ1) is 10.5. The predicted octanol–water partition coefficient (Wildman–Crippen LogP) is 3.02. The summed E-state index contributed by atoms with van der Waals surface area (Å²) in [5.41, 5.74) is 1.67. The predicted molar refractivity (Wildman–Crippen MR) is 86.6 cm³/mol. The van der Waals surface area contributed by atoms with Gasteiger partial charge in [0, 0.05) is 5.56 Å². The van der Waals surface area contributed by atoms with Gasteiger partial charge in [0.25, 0.3) is 5.91 Å². The van der Waals surface area contributed by atoms with Crippen LogP contribution in [0.3, 0.4) is 0 Å². The lowest BCUT2D eigenvalue weighted by Gasteiger charge is -2.51. The number of nitrogens with one attached hydrogen (secondary N) is 1. The molecule has 1 saturated carbocycles. The zero-order valence-corrected chi connectivity index (χ0v) is 12.9. The number of carbonyl (C=O) groups is 1. The highest BCUT2D eigenvalue weighted by Crippen LogP contribution is 2.45. The van der Waals surface area contributed by atoms with Crippen LogP contribution < -0.4 is 5.32 Å². The lowest BCUT2D eigenvalue weighted by molar-refractivity contribution is -0.107. The second-order valence-corrected chi connectivity index (χ2v) is 6.29. The van der Waals surface area contributed by atoms with Crippen LogP contribution in [0.5, 0.6) is 0 Å². The summed E-state index contributed by atoms with van der Waals surface area (Å²) in [5, 5.41) is 14.0. The average Bonchev–Trinajstić information content (AvgIpc) is 2.53. The van der Waals surface area contributed by atoms with Crippen molar-refractivity contribution in [1.82, 2.24) is 5.32 Å². The van der Waals surface area contributed by atoms with Gasteiger partial charge in [-0.15, -0.1) is 0 Å². The summed E-state index contributed by atoms with van der Waals surface area (Å²) in [6.07, 6.45) is 0.662. The Hall–Kier alpha value is -2.13. The molecule has 0 heterocycles. The van der Waals surface area contributed by atoms with Gasteiger partial charge in [0.15, 0.2) is 0 Å². The Bertz CT molecular complexity index is 666. The molecular weight excluding hydrogens is 274 g/mol. The molecule has 0 spiro atoms. The molecule has 0 saturated heterocycles. The molecule has 3 rings (SSSR count). The Morgan fingerprint density at radius 1 is 1.14 bits per heavy atom. The van der Waals surface area contributed by atoms with Crippen molar-refractivity contribution in [3.63, 3.8) is 0 Å². The minimum Gasteiger partial charge on any atom is -0.383 e. The maximum atomic E-state index is 12.3. The topological polar surface area (TPSA) is 49.3 Å². The van der Waals surface area contributed by atoms with E-state index in [1.807, 2.05) is 49.4 Å². The number of hydrogen-bond acceptors (Lipinski definition) is 2. The van der Waals surface area contributed by atoms with Gasteiger partial charge in [0.2, 0.25) is 0 Å². The van der Waals surface area contributed by atoms with Gasteiger partial charge in [-0.2, -0.15) is 0 Å². The summed E-state index contributed by atoms with van der Waals surface area (Å²) >= 11 is 0. The zero-order valence-electron chi connectivity index (χ0n) is 12.9. The molecule has 0 aromatic heterocycles. The van der Waals surface area contributed by atoms with Crippen LogP contribution >= 0.6 is 0 Å². The number of aryl methyl sites for hydroxylation is 1. The van der Waals surface area contributed by atoms with Crippen LogP contribution in [0.15, 0.2) is 54.6 Å². The Labute approximate surface area is 131 Å². The molecule has 1 fully saturated rings. The van der Waals surface area contributed by atoms with Crippen molar-refractivity contribution in [1.29, 1.82) is 0 Å². The molecule has 1 aliphatic carbocycles. The second-order valence-electron chi connectivity index (χ2n) is 6.29. The number of amides is 1. The van der Waals surface area contributed by atoms with Crippen molar-refractivity contribution in [2.45, 2.75) is 31.9 Å². The normalized spacial score (nSPS) is 27.0. The molecule has 0 unspecified atom stereocenters. The quantitative estimate of drug-likeness (QED) is 0.914. The molecule has 0 radical (unpaired) electrons. The van der Waals surface area contributed by atoms with Gasteiger partial charge in [-0.25, -0.2) is 0 Å². The molecule has 2 N–H and O–H groups in total. The fraction of sp³-hybridized carbons (Fsp3) is 0.316. The average molecular weight is 295 g/mol. The van der Waals surface area contributed by atoms with Crippen LogP contribution in [0.1, 0.15) is 34.8 Å². The summed E-state index contributed by atoms with van der Waals surface area (Å²) in [4.78, 5) is 12.3. The Morgan fingerprint density at radius 3 is 2.36 bits per heavy atom. The van der Waals surface area contributed by atoms with E-state index in [-0.39, 0.29) is 17.9 Å². The van der Waals surface area contributed by atoms with E-state index in [0.29, 0.717) is 12.0 Å². The summed E-state index contributed by atoms with van der Waals surface area (Å²) < 4.78 is 0. The van der Waals surface area contributed by atoms with Crippen molar-refractivity contribution in [3.05, 3.63) is 71.3 Å². The lowest BCUT2D eigenvalue weighted by Crippen LogP contribution is -2.63. The number of carbonyl (C=O) groups excluding carboxylic acids is 1. The number of aliphatic hydroxyl groups is 1. The molecule has 22 heavy (non-hydrogen) atoms. The van der Waals surface area contributed by atoms with Crippen molar-refractivity contribution in [2.24, 2.45) is 5.92 Å². The standard InChI is InChI=1S/C19H21NO2/c1-13-8-10-16(11-9-13)19(22)12-14(2)17(19)20-18(21)15-6-4-3-5-7-15/h3-11,14,17,22H,12H2,1-2H3,(H,20,21)/t14-,17+,19+/m1/s1. The number of hydrogen-bond donors (Lipinski definition) is 2. The SMILES string of the molecule is Cc1ccc([C@@]2(O)C[C@@H](C)[C@@H]2NC(=O)c2ccccc2)cc1. The molecule has 1 aliphatic rings. The van der Waals surface area contributed by atoms with Crippen molar-refractivity contribution in [2.75, 3.05) is 0 Å². The summed E-state index contributed by atoms with van der Waals surface area (Å²) in [5.74, 6) is 0.113. The molecule has 3 nitrogen and oxygen atoms in total. The highest BCUT2D eigenvalue weighted by molar-refractivity contribution is 5.94. The Kier molecular flexibility index (Phi) is 3.75. The summed E-state index contributed by atoms with van der Waals surface area (Å²) in [7, 11) is 0. The Morgan fingerprint density at radius 2 is 1.77 bits per heavy atom. The van der Waals surface area contributed by atoms with Crippen LogP contribution in [0, 0.1) is 12.8 Å². The molecule has 2 aromatic carbocycles. The van der Waals surface area contributed by atoms with E-state index in [2.05, 4.69) is 12.2 Å². The molecule has 114 valence electrons. The summed E-state index contributed by atoms with van der Waals surface area (Å²) in [6.45, 7) is 4.07. The first kappa shape index (κ1) is 14.8. The van der Waals surface area contributed by atoms with Gasteiger partial charge in [-0.3, -0.25) is 4.79 Å². The van der Waals surface area contributed by atoms with Gasteiger partial charge in [0.1, 0.15) is 5.60 Å². The maximum absolute atomic E-state index is 12.3. The molecule has 0 aliphatic heterocycles. The highest BCUT2D eigenvalue weighted by atomic mass is 16.3. The summed E-state index contributed by atoms with van der Waals surface area (Å²) in [6, 6.07) is 16.7. The number of benzene rings is 2. The van der Waals surface area contributed by atoms with Crippen LogP contribution in [-0.2, 0) is 5.60 Å². The molecule has 2 aromatic rings. The minimum atomic E-state index is -0.975.